The lowest BCUT2D eigenvalue weighted by Crippen LogP contribution is -2.40. The van der Waals surface area contributed by atoms with E-state index in [1.807, 2.05) is 19.1 Å². The molecule has 2 N–H and O–H groups in total. The smallest absolute Gasteiger partial charge is 0.328 e. The number of aryl methyl sites for hydroxylation is 1. The first-order valence-electron chi connectivity index (χ1n) is 6.94. The van der Waals surface area contributed by atoms with Gasteiger partial charge in [0.15, 0.2) is 0 Å². The first kappa shape index (κ1) is 15.7. The van der Waals surface area contributed by atoms with E-state index in [1.54, 1.807) is 19.3 Å². The molecule has 7 heteroatoms. The third-order valence-corrected chi connectivity index (χ3v) is 3.20. The van der Waals surface area contributed by atoms with Crippen LogP contribution in [0.4, 0.5) is 0 Å². The molecule has 0 aliphatic rings. The third-order valence-electron chi connectivity index (χ3n) is 3.20. The minimum Gasteiger partial charge on any atom is -0.352 e. The van der Waals surface area contributed by atoms with E-state index < -0.39 is 11.2 Å². The van der Waals surface area contributed by atoms with Crippen molar-refractivity contribution in [2.75, 3.05) is 0 Å². The predicted octanol–water partition coefficient (Wildman–Crippen LogP) is -0.0126. The number of H-pyrrole nitrogens is 1. The average molecular weight is 302 g/mol. The third kappa shape index (κ3) is 4.15. The summed E-state index contributed by atoms with van der Waals surface area (Å²) in [7, 11) is 0. The molecule has 0 aliphatic carbocycles. The zero-order chi connectivity index (χ0) is 16.1. The summed E-state index contributed by atoms with van der Waals surface area (Å²) in [6.07, 6.45) is 5.46. The van der Waals surface area contributed by atoms with Gasteiger partial charge in [0.1, 0.15) is 6.54 Å². The lowest BCUT2D eigenvalue weighted by molar-refractivity contribution is -0.122. The molecular formula is C15H18N4O3. The molecule has 0 spiro atoms. The first-order chi connectivity index (χ1) is 10.5. The molecule has 7 nitrogen and oxygen atoms in total. The summed E-state index contributed by atoms with van der Waals surface area (Å²) in [5.41, 5.74) is 0.428. The Morgan fingerprint density at radius 2 is 2.05 bits per heavy atom. The van der Waals surface area contributed by atoms with Gasteiger partial charge in [-0.15, -0.1) is 0 Å². The van der Waals surface area contributed by atoms with Crippen molar-refractivity contribution in [3.8, 4) is 0 Å². The molecule has 2 rings (SSSR count). The zero-order valence-electron chi connectivity index (χ0n) is 12.5. The van der Waals surface area contributed by atoms with Crippen molar-refractivity contribution in [3.05, 3.63) is 62.7 Å². The number of aromatic amines is 1. The fourth-order valence-corrected chi connectivity index (χ4v) is 2.13. The number of pyridine rings is 1. The van der Waals surface area contributed by atoms with Gasteiger partial charge in [0, 0.05) is 30.2 Å². The second-order valence-electron chi connectivity index (χ2n) is 5.23. The van der Waals surface area contributed by atoms with Gasteiger partial charge < -0.3 is 5.32 Å². The molecule has 0 aromatic carbocycles. The van der Waals surface area contributed by atoms with Gasteiger partial charge in [0.25, 0.3) is 5.56 Å². The van der Waals surface area contributed by atoms with Crippen molar-refractivity contribution in [1.29, 1.82) is 0 Å². The molecular weight excluding hydrogens is 284 g/mol. The highest BCUT2D eigenvalue weighted by Crippen LogP contribution is 2.01. The molecule has 0 saturated heterocycles. The number of hydrogen-bond acceptors (Lipinski definition) is 4. The summed E-state index contributed by atoms with van der Waals surface area (Å²) in [4.78, 5) is 41.0. The average Bonchev–Trinajstić information content (AvgIpc) is 2.45. The van der Waals surface area contributed by atoms with Crippen LogP contribution in [0.2, 0.25) is 0 Å². The number of rotatable bonds is 5. The minimum absolute atomic E-state index is 0.0746. The number of nitrogens with one attached hydrogen (secondary N) is 2. The van der Waals surface area contributed by atoms with Crippen molar-refractivity contribution in [3.63, 3.8) is 0 Å². The van der Waals surface area contributed by atoms with Gasteiger partial charge in [-0.3, -0.25) is 24.1 Å². The summed E-state index contributed by atoms with van der Waals surface area (Å²) in [6.45, 7) is 3.34. The first-order valence-corrected chi connectivity index (χ1v) is 6.94. The van der Waals surface area contributed by atoms with E-state index in [-0.39, 0.29) is 18.5 Å². The fourth-order valence-electron chi connectivity index (χ4n) is 2.13. The van der Waals surface area contributed by atoms with Crippen LogP contribution in [0.3, 0.4) is 0 Å². The van der Waals surface area contributed by atoms with Gasteiger partial charge in [-0.1, -0.05) is 0 Å². The number of aromatic nitrogens is 3. The molecule has 0 aliphatic heterocycles. The molecule has 0 unspecified atom stereocenters. The molecule has 0 radical (unpaired) electrons. The van der Waals surface area contributed by atoms with Gasteiger partial charge in [-0.05, 0) is 38.0 Å². The van der Waals surface area contributed by atoms with Gasteiger partial charge in [0.05, 0.1) is 0 Å². The molecule has 2 heterocycles. The number of carbonyl (C=O) groups excluding carboxylic acids is 1. The van der Waals surface area contributed by atoms with Gasteiger partial charge in [-0.2, -0.15) is 0 Å². The number of hydrogen-bond donors (Lipinski definition) is 2. The highest BCUT2D eigenvalue weighted by atomic mass is 16.2. The largest absolute Gasteiger partial charge is 0.352 e. The molecule has 2 aromatic rings. The van der Waals surface area contributed by atoms with E-state index in [9.17, 15) is 14.4 Å². The fraction of sp³-hybridized carbons (Fsp3) is 0.333. The Hall–Kier alpha value is -2.70. The topological polar surface area (TPSA) is 96.8 Å². The number of amides is 1. The molecule has 116 valence electrons. The van der Waals surface area contributed by atoms with Crippen molar-refractivity contribution in [1.82, 2.24) is 19.9 Å². The van der Waals surface area contributed by atoms with Crippen LogP contribution in [0, 0.1) is 6.92 Å². The highest BCUT2D eigenvalue weighted by Gasteiger charge is 2.10. The Morgan fingerprint density at radius 3 is 2.73 bits per heavy atom. The molecule has 22 heavy (non-hydrogen) atoms. The number of carbonyl (C=O) groups is 1. The van der Waals surface area contributed by atoms with E-state index >= 15 is 0 Å². The van der Waals surface area contributed by atoms with Crippen molar-refractivity contribution < 1.29 is 4.79 Å². The maximum atomic E-state index is 12.0. The molecule has 1 atom stereocenters. The second kappa shape index (κ2) is 6.84. The van der Waals surface area contributed by atoms with E-state index in [2.05, 4.69) is 15.3 Å². The van der Waals surface area contributed by atoms with E-state index in [0.717, 1.165) is 5.56 Å². The maximum Gasteiger partial charge on any atom is 0.328 e. The normalized spacial score (nSPS) is 11.9. The molecule has 1 amide bonds. The van der Waals surface area contributed by atoms with E-state index in [0.29, 0.717) is 12.0 Å². The van der Waals surface area contributed by atoms with Crippen molar-refractivity contribution >= 4 is 5.91 Å². The summed E-state index contributed by atoms with van der Waals surface area (Å²) in [6, 6.07) is 3.70. The molecule has 2 aromatic heterocycles. The van der Waals surface area contributed by atoms with Crippen LogP contribution in [-0.4, -0.2) is 26.5 Å². The minimum atomic E-state index is -0.590. The summed E-state index contributed by atoms with van der Waals surface area (Å²) in [5.74, 6) is -0.282. The zero-order valence-corrected chi connectivity index (χ0v) is 12.5. The van der Waals surface area contributed by atoms with Crippen LogP contribution in [0.1, 0.15) is 18.1 Å². The Morgan fingerprint density at radius 1 is 1.36 bits per heavy atom. The Balaban J connectivity index is 1.97. The van der Waals surface area contributed by atoms with Crippen LogP contribution in [0.25, 0.3) is 0 Å². The van der Waals surface area contributed by atoms with Gasteiger partial charge >= 0.3 is 5.69 Å². The molecule has 0 bridgehead atoms. The Bertz CT molecular complexity index is 764. The Kier molecular flexibility index (Phi) is 4.88. The highest BCUT2D eigenvalue weighted by molar-refractivity contribution is 5.76. The summed E-state index contributed by atoms with van der Waals surface area (Å²) < 4.78 is 1.19. The van der Waals surface area contributed by atoms with E-state index in [4.69, 9.17) is 0 Å². The second-order valence-corrected chi connectivity index (χ2v) is 5.23. The maximum absolute atomic E-state index is 12.0. The van der Waals surface area contributed by atoms with Crippen LogP contribution in [0.5, 0.6) is 0 Å². The SMILES string of the molecule is Cc1cn(CC(=O)N[C@@H](C)Cc2ccncc2)c(=O)[nH]c1=O. The standard InChI is InChI=1S/C15H18N4O3/c1-10-8-19(15(22)18-14(10)21)9-13(20)17-11(2)7-12-3-5-16-6-4-12/h3-6,8,11H,7,9H2,1-2H3,(H,17,20)(H,18,21,22)/t11-/m0/s1. The predicted molar refractivity (Wildman–Crippen MR) is 81.6 cm³/mol. The van der Waals surface area contributed by atoms with Crippen molar-refractivity contribution in [2.45, 2.75) is 32.9 Å². The summed E-state index contributed by atoms with van der Waals surface area (Å²) >= 11 is 0. The lowest BCUT2D eigenvalue weighted by atomic mass is 10.1. The van der Waals surface area contributed by atoms with Gasteiger partial charge in [0.2, 0.25) is 5.91 Å². The molecule has 0 saturated carbocycles. The van der Waals surface area contributed by atoms with Gasteiger partial charge in [-0.25, -0.2) is 4.79 Å². The van der Waals surface area contributed by atoms with Crippen LogP contribution in [-0.2, 0) is 17.8 Å². The number of nitrogens with zero attached hydrogens (tertiary/aromatic N) is 2. The van der Waals surface area contributed by atoms with E-state index in [1.165, 1.54) is 10.8 Å². The van der Waals surface area contributed by atoms with Crippen molar-refractivity contribution in [2.24, 2.45) is 0 Å². The van der Waals surface area contributed by atoms with Crippen LogP contribution in [0.15, 0.2) is 40.3 Å². The Labute approximate surface area is 127 Å². The molecule has 0 fully saturated rings. The lowest BCUT2D eigenvalue weighted by Gasteiger charge is -2.14. The van der Waals surface area contributed by atoms with Crippen LogP contribution < -0.4 is 16.6 Å². The van der Waals surface area contributed by atoms with Crippen LogP contribution >= 0.6 is 0 Å². The monoisotopic (exact) mass is 302 g/mol. The summed E-state index contributed by atoms with van der Waals surface area (Å²) in [5, 5.41) is 2.83. The quantitative estimate of drug-likeness (QED) is 0.811.